The largest absolute Gasteiger partial charge is 0.444 e. The molecule has 0 rings (SSSR count). The predicted octanol–water partition coefficient (Wildman–Crippen LogP) is 1.51. The molecule has 0 aromatic carbocycles. The van der Waals surface area contributed by atoms with Crippen LogP contribution in [0.2, 0.25) is 0 Å². The van der Waals surface area contributed by atoms with Crippen molar-refractivity contribution in [3.63, 3.8) is 0 Å². The molecule has 14 heavy (non-hydrogen) atoms. The maximum atomic E-state index is 11.1. The summed E-state index contributed by atoms with van der Waals surface area (Å²) < 4.78 is 5.07. The minimum atomic E-state index is -0.416. The summed E-state index contributed by atoms with van der Waals surface area (Å²) in [6.45, 7) is 10.0. The van der Waals surface area contributed by atoms with E-state index in [1.165, 1.54) is 0 Å². The fraction of sp³-hybridized carbons (Fsp3) is 0.900. The molecule has 84 valence electrons. The van der Waals surface area contributed by atoms with Crippen LogP contribution in [0.5, 0.6) is 0 Å². The molecule has 0 bridgehead atoms. The summed E-state index contributed by atoms with van der Waals surface area (Å²) in [4.78, 5) is 11.1. The van der Waals surface area contributed by atoms with Gasteiger partial charge in [0.1, 0.15) is 5.60 Å². The summed E-state index contributed by atoms with van der Waals surface area (Å²) in [5, 5.41) is 5.86. The number of carbonyl (C=O) groups is 1. The Kier molecular flexibility index (Phi) is 6.28. The van der Waals surface area contributed by atoms with E-state index in [0.717, 1.165) is 19.5 Å². The zero-order chi connectivity index (χ0) is 11.0. The van der Waals surface area contributed by atoms with Crippen LogP contribution in [0.15, 0.2) is 0 Å². The van der Waals surface area contributed by atoms with Crippen molar-refractivity contribution in [1.82, 2.24) is 10.6 Å². The smallest absolute Gasteiger partial charge is 0.407 e. The van der Waals surface area contributed by atoms with Crippen LogP contribution in [-0.2, 0) is 4.74 Å². The molecular weight excluding hydrogens is 180 g/mol. The van der Waals surface area contributed by atoms with Crippen molar-refractivity contribution in [3.8, 4) is 0 Å². The fourth-order valence-electron chi connectivity index (χ4n) is 0.869. The van der Waals surface area contributed by atoms with Gasteiger partial charge in [-0.05, 0) is 33.7 Å². The van der Waals surface area contributed by atoms with Crippen molar-refractivity contribution in [3.05, 3.63) is 0 Å². The van der Waals surface area contributed by atoms with Gasteiger partial charge < -0.3 is 15.4 Å². The number of alkyl carbamates (subject to hydrolysis) is 1. The van der Waals surface area contributed by atoms with Gasteiger partial charge in [0, 0.05) is 13.1 Å². The van der Waals surface area contributed by atoms with Crippen molar-refractivity contribution >= 4 is 6.09 Å². The Morgan fingerprint density at radius 3 is 2.36 bits per heavy atom. The third kappa shape index (κ3) is 9.32. The molecule has 0 heterocycles. The maximum absolute atomic E-state index is 11.1. The lowest BCUT2D eigenvalue weighted by molar-refractivity contribution is 0.0528. The number of ether oxygens (including phenoxy) is 1. The second-order valence-corrected chi connectivity index (χ2v) is 4.18. The molecule has 0 saturated heterocycles. The lowest BCUT2D eigenvalue weighted by atomic mass is 10.2. The van der Waals surface area contributed by atoms with Crippen LogP contribution in [0.1, 0.15) is 34.1 Å². The summed E-state index contributed by atoms with van der Waals surface area (Å²) in [5.74, 6) is 0. The first kappa shape index (κ1) is 13.2. The number of nitrogens with one attached hydrogen (secondary N) is 2. The number of hydrogen-bond acceptors (Lipinski definition) is 3. The molecule has 0 saturated carbocycles. The second-order valence-electron chi connectivity index (χ2n) is 4.18. The van der Waals surface area contributed by atoms with Crippen molar-refractivity contribution in [1.29, 1.82) is 0 Å². The fourth-order valence-corrected chi connectivity index (χ4v) is 0.869. The van der Waals surface area contributed by atoms with Gasteiger partial charge >= 0.3 is 6.09 Å². The van der Waals surface area contributed by atoms with Gasteiger partial charge in [-0.2, -0.15) is 0 Å². The molecule has 4 heteroatoms. The summed E-state index contributed by atoms with van der Waals surface area (Å²) in [7, 11) is 0. The van der Waals surface area contributed by atoms with Gasteiger partial charge in [-0.3, -0.25) is 0 Å². The highest BCUT2D eigenvalue weighted by Gasteiger charge is 2.15. The minimum absolute atomic E-state index is 0.351. The Bertz CT molecular complexity index is 164. The van der Waals surface area contributed by atoms with Crippen LogP contribution >= 0.6 is 0 Å². The monoisotopic (exact) mass is 202 g/mol. The molecule has 0 aromatic heterocycles. The molecule has 2 N–H and O–H groups in total. The predicted molar refractivity (Wildman–Crippen MR) is 57.4 cm³/mol. The SMILES string of the molecule is CCCNCCNC(=O)OC(C)(C)C. The zero-order valence-electron chi connectivity index (χ0n) is 9.64. The lowest BCUT2D eigenvalue weighted by Gasteiger charge is -2.19. The van der Waals surface area contributed by atoms with Gasteiger partial charge in [-0.25, -0.2) is 4.79 Å². The first-order chi connectivity index (χ1) is 6.45. The van der Waals surface area contributed by atoms with Gasteiger partial charge in [-0.15, -0.1) is 0 Å². The third-order valence-corrected chi connectivity index (χ3v) is 1.40. The molecule has 4 nitrogen and oxygen atoms in total. The molecule has 0 aromatic rings. The van der Waals surface area contributed by atoms with Crippen molar-refractivity contribution in [2.24, 2.45) is 0 Å². The van der Waals surface area contributed by atoms with E-state index in [2.05, 4.69) is 17.6 Å². The second kappa shape index (κ2) is 6.65. The molecule has 0 aliphatic carbocycles. The van der Waals surface area contributed by atoms with E-state index in [1.54, 1.807) is 0 Å². The van der Waals surface area contributed by atoms with Gasteiger partial charge in [0.2, 0.25) is 0 Å². The molecule has 0 aliphatic heterocycles. The van der Waals surface area contributed by atoms with Crippen molar-refractivity contribution in [2.75, 3.05) is 19.6 Å². The van der Waals surface area contributed by atoms with E-state index in [4.69, 9.17) is 4.74 Å². The van der Waals surface area contributed by atoms with Crippen LogP contribution in [0.3, 0.4) is 0 Å². The van der Waals surface area contributed by atoms with Crippen LogP contribution in [0.4, 0.5) is 4.79 Å². The van der Waals surface area contributed by atoms with E-state index in [1.807, 2.05) is 20.8 Å². The van der Waals surface area contributed by atoms with Crippen LogP contribution in [0.25, 0.3) is 0 Å². The topological polar surface area (TPSA) is 50.4 Å². The summed E-state index contributed by atoms with van der Waals surface area (Å²) in [6, 6.07) is 0. The van der Waals surface area contributed by atoms with E-state index >= 15 is 0 Å². The highest BCUT2D eigenvalue weighted by molar-refractivity contribution is 5.67. The van der Waals surface area contributed by atoms with Crippen LogP contribution in [0, 0.1) is 0 Å². The first-order valence-electron chi connectivity index (χ1n) is 5.13. The van der Waals surface area contributed by atoms with Gasteiger partial charge in [-0.1, -0.05) is 6.92 Å². The van der Waals surface area contributed by atoms with Crippen molar-refractivity contribution in [2.45, 2.75) is 39.7 Å². The van der Waals surface area contributed by atoms with E-state index in [9.17, 15) is 4.79 Å². The Balaban J connectivity index is 3.36. The Hall–Kier alpha value is -0.770. The molecule has 0 atom stereocenters. The highest BCUT2D eigenvalue weighted by Crippen LogP contribution is 2.05. The highest BCUT2D eigenvalue weighted by atomic mass is 16.6. The average molecular weight is 202 g/mol. The quantitative estimate of drug-likeness (QED) is 0.664. The molecular formula is C10H22N2O2. The average Bonchev–Trinajstić information content (AvgIpc) is 2.00. The van der Waals surface area contributed by atoms with E-state index in [-0.39, 0.29) is 6.09 Å². The van der Waals surface area contributed by atoms with E-state index in [0.29, 0.717) is 6.54 Å². The third-order valence-electron chi connectivity index (χ3n) is 1.40. The van der Waals surface area contributed by atoms with Gasteiger partial charge in [0.15, 0.2) is 0 Å². The molecule has 0 aliphatic rings. The lowest BCUT2D eigenvalue weighted by Crippen LogP contribution is -2.36. The van der Waals surface area contributed by atoms with Gasteiger partial charge in [0.05, 0.1) is 0 Å². The number of hydrogen-bond donors (Lipinski definition) is 2. The first-order valence-corrected chi connectivity index (χ1v) is 5.13. The molecule has 1 amide bonds. The minimum Gasteiger partial charge on any atom is -0.444 e. The number of rotatable bonds is 5. The normalized spacial score (nSPS) is 11.1. The number of carbonyl (C=O) groups excluding carboxylic acids is 1. The van der Waals surface area contributed by atoms with Crippen molar-refractivity contribution < 1.29 is 9.53 Å². The Morgan fingerprint density at radius 1 is 1.21 bits per heavy atom. The summed E-state index contributed by atoms with van der Waals surface area (Å²) in [6.07, 6.45) is 0.752. The summed E-state index contributed by atoms with van der Waals surface area (Å²) in [5.41, 5.74) is -0.416. The summed E-state index contributed by atoms with van der Waals surface area (Å²) >= 11 is 0. The van der Waals surface area contributed by atoms with Crippen LogP contribution < -0.4 is 10.6 Å². The standard InChI is InChI=1S/C10H22N2O2/c1-5-6-11-7-8-12-9(13)14-10(2,3)4/h11H,5-8H2,1-4H3,(H,12,13). The van der Waals surface area contributed by atoms with Crippen LogP contribution in [-0.4, -0.2) is 31.3 Å². The van der Waals surface area contributed by atoms with E-state index < -0.39 is 5.60 Å². The molecule has 0 spiro atoms. The maximum Gasteiger partial charge on any atom is 0.407 e. The Morgan fingerprint density at radius 2 is 1.86 bits per heavy atom. The molecule has 0 fully saturated rings. The zero-order valence-corrected chi connectivity index (χ0v) is 9.64. The Labute approximate surface area is 86.4 Å². The molecule has 0 radical (unpaired) electrons. The molecule has 0 unspecified atom stereocenters. The van der Waals surface area contributed by atoms with Gasteiger partial charge in [0.25, 0.3) is 0 Å². The number of amides is 1.